The van der Waals surface area contributed by atoms with Gasteiger partial charge >= 0.3 is 5.97 Å². The third-order valence-corrected chi connectivity index (χ3v) is 4.65. The van der Waals surface area contributed by atoms with Crippen molar-refractivity contribution in [1.82, 2.24) is 4.90 Å². The average molecular weight is 381 g/mol. The van der Waals surface area contributed by atoms with E-state index in [1.165, 1.54) is 4.90 Å². The first-order valence-corrected chi connectivity index (χ1v) is 8.22. The van der Waals surface area contributed by atoms with Crippen LogP contribution in [0, 0.1) is 0 Å². The summed E-state index contributed by atoms with van der Waals surface area (Å²) in [5.74, 6) is -1.54. The molecule has 6 N–H and O–H groups in total. The Morgan fingerprint density at radius 3 is 2.42 bits per heavy atom. The zero-order valence-electron chi connectivity index (χ0n) is 12.5. The maximum Gasteiger partial charge on any atom is 0.303 e. The van der Waals surface area contributed by atoms with E-state index in [1.54, 1.807) is 0 Å². The molecule has 4 unspecified atom stereocenters. The second-order valence-electron chi connectivity index (χ2n) is 5.07. The third kappa shape index (κ3) is 5.48. The van der Waals surface area contributed by atoms with Gasteiger partial charge in [0.25, 0.3) is 5.91 Å². The van der Waals surface area contributed by atoms with Gasteiger partial charge in [0.2, 0.25) is 0 Å². The normalized spacial score (nSPS) is 21.9. The summed E-state index contributed by atoms with van der Waals surface area (Å²) in [4.78, 5) is 23.9. The molecule has 4 atom stereocenters. The van der Waals surface area contributed by atoms with Crippen molar-refractivity contribution in [2.45, 2.75) is 37.3 Å². The standard InChI is InChI=1S/C13H19NO8S2/c15-5-7(17)11(21)10(20)6(16)4-8-12(22)14(13(23)24-8)3-1-2-9(18)19/h4,6-7,10-11,15-17,20-21H,1-3,5H2,(H,18,19)/b8-4-. The van der Waals surface area contributed by atoms with Gasteiger partial charge in [-0.15, -0.1) is 0 Å². The van der Waals surface area contributed by atoms with E-state index in [-0.39, 0.29) is 28.6 Å². The molecule has 1 saturated heterocycles. The lowest BCUT2D eigenvalue weighted by molar-refractivity contribution is -0.137. The van der Waals surface area contributed by atoms with E-state index in [1.807, 2.05) is 0 Å². The molecule has 24 heavy (non-hydrogen) atoms. The first-order valence-electron chi connectivity index (χ1n) is 6.99. The van der Waals surface area contributed by atoms with E-state index >= 15 is 0 Å². The number of thioether (sulfide) groups is 1. The molecule has 1 heterocycles. The Morgan fingerprint density at radius 2 is 1.88 bits per heavy atom. The Bertz CT molecular complexity index is 526. The van der Waals surface area contributed by atoms with Crippen LogP contribution in [0.15, 0.2) is 11.0 Å². The maximum absolute atomic E-state index is 12.2. The summed E-state index contributed by atoms with van der Waals surface area (Å²) in [7, 11) is 0. The third-order valence-electron chi connectivity index (χ3n) is 3.25. The van der Waals surface area contributed by atoms with Crippen LogP contribution in [0.1, 0.15) is 12.8 Å². The van der Waals surface area contributed by atoms with Crippen LogP contribution < -0.4 is 0 Å². The van der Waals surface area contributed by atoms with E-state index in [0.29, 0.717) is 0 Å². The Hall–Kier alpha value is -1.08. The van der Waals surface area contributed by atoms with E-state index in [9.17, 15) is 30.0 Å². The lowest BCUT2D eigenvalue weighted by atomic mass is 10.0. The summed E-state index contributed by atoms with van der Waals surface area (Å²) >= 11 is 5.89. The van der Waals surface area contributed by atoms with Gasteiger partial charge in [0.15, 0.2) is 0 Å². The van der Waals surface area contributed by atoms with Crippen molar-refractivity contribution in [2.24, 2.45) is 0 Å². The van der Waals surface area contributed by atoms with Gasteiger partial charge in [-0.25, -0.2) is 0 Å². The first kappa shape index (κ1) is 21.0. The SMILES string of the molecule is O=C(O)CCCN1C(=O)/C(=C/C(O)C(O)C(O)C(O)CO)SC1=S. The molecule has 1 aliphatic rings. The fourth-order valence-corrected chi connectivity index (χ4v) is 3.21. The molecule has 9 nitrogen and oxygen atoms in total. The monoisotopic (exact) mass is 381 g/mol. The largest absolute Gasteiger partial charge is 0.481 e. The van der Waals surface area contributed by atoms with Crippen molar-refractivity contribution in [3.8, 4) is 0 Å². The van der Waals surface area contributed by atoms with Gasteiger partial charge in [-0.2, -0.15) is 0 Å². The number of hydrogen-bond acceptors (Lipinski definition) is 9. The molecular formula is C13H19NO8S2. The van der Waals surface area contributed by atoms with Crippen molar-refractivity contribution in [3.63, 3.8) is 0 Å². The predicted octanol–water partition coefficient (Wildman–Crippen LogP) is -1.97. The molecule has 0 radical (unpaired) electrons. The number of rotatable bonds is 9. The first-order chi connectivity index (χ1) is 11.2. The topological polar surface area (TPSA) is 159 Å². The maximum atomic E-state index is 12.2. The Labute approximate surface area is 147 Å². The number of carbonyl (C=O) groups excluding carboxylic acids is 1. The quantitative estimate of drug-likeness (QED) is 0.195. The number of carboxylic acids is 1. The predicted molar refractivity (Wildman–Crippen MR) is 88.0 cm³/mol. The molecule has 1 fully saturated rings. The molecule has 1 rings (SSSR count). The van der Waals surface area contributed by atoms with Gasteiger partial charge in [0, 0.05) is 13.0 Å². The minimum Gasteiger partial charge on any atom is -0.481 e. The van der Waals surface area contributed by atoms with Crippen LogP contribution >= 0.6 is 24.0 Å². The van der Waals surface area contributed by atoms with Crippen LogP contribution in [0.2, 0.25) is 0 Å². The van der Waals surface area contributed by atoms with Gasteiger partial charge in [0.05, 0.1) is 11.5 Å². The van der Waals surface area contributed by atoms with E-state index in [0.717, 1.165) is 17.8 Å². The fourth-order valence-electron chi connectivity index (χ4n) is 1.89. The molecule has 136 valence electrons. The number of thiocarbonyl (C=S) groups is 1. The van der Waals surface area contributed by atoms with Gasteiger partial charge in [-0.1, -0.05) is 24.0 Å². The van der Waals surface area contributed by atoms with E-state index in [4.69, 9.17) is 22.4 Å². The molecule has 0 aromatic carbocycles. The lowest BCUT2D eigenvalue weighted by Crippen LogP contribution is -2.45. The highest BCUT2D eigenvalue weighted by molar-refractivity contribution is 8.26. The van der Waals surface area contributed by atoms with Crippen LogP contribution in [0.3, 0.4) is 0 Å². The number of aliphatic carboxylic acids is 1. The zero-order chi connectivity index (χ0) is 18.4. The Balaban J connectivity index is 2.72. The zero-order valence-corrected chi connectivity index (χ0v) is 14.1. The molecule has 0 spiro atoms. The number of nitrogens with zero attached hydrogens (tertiary/aromatic N) is 1. The van der Waals surface area contributed by atoms with Gasteiger partial charge < -0.3 is 30.6 Å². The van der Waals surface area contributed by atoms with Crippen molar-refractivity contribution >= 4 is 40.2 Å². The van der Waals surface area contributed by atoms with Crippen molar-refractivity contribution in [3.05, 3.63) is 11.0 Å². The Kier molecular flexibility index (Phi) is 8.22. The molecule has 0 saturated carbocycles. The highest BCUT2D eigenvalue weighted by Gasteiger charge is 2.35. The molecule has 11 heteroatoms. The average Bonchev–Trinajstić information content (AvgIpc) is 2.79. The highest BCUT2D eigenvalue weighted by atomic mass is 32.2. The summed E-state index contributed by atoms with van der Waals surface area (Å²) in [6.45, 7) is -0.699. The number of carbonyl (C=O) groups is 2. The second-order valence-corrected chi connectivity index (χ2v) is 6.75. The summed E-state index contributed by atoms with van der Waals surface area (Å²) in [6, 6.07) is 0. The van der Waals surface area contributed by atoms with Crippen LogP contribution in [0.5, 0.6) is 0 Å². The van der Waals surface area contributed by atoms with Crippen LogP contribution in [0.25, 0.3) is 0 Å². The lowest BCUT2D eigenvalue weighted by Gasteiger charge is -2.24. The molecule has 1 amide bonds. The second kappa shape index (κ2) is 9.42. The van der Waals surface area contributed by atoms with Gasteiger partial charge in [-0.3, -0.25) is 14.5 Å². The number of hydrogen-bond donors (Lipinski definition) is 6. The molecule has 0 aliphatic carbocycles. The summed E-state index contributed by atoms with van der Waals surface area (Å²) in [6.07, 6.45) is -5.86. The highest BCUT2D eigenvalue weighted by Crippen LogP contribution is 2.31. The van der Waals surface area contributed by atoms with Gasteiger partial charge in [0.1, 0.15) is 28.7 Å². The minimum absolute atomic E-state index is 0.0209. The number of carboxylic acid groups (broad SMARTS) is 1. The summed E-state index contributed by atoms with van der Waals surface area (Å²) in [5, 5.41) is 55.7. The summed E-state index contributed by atoms with van der Waals surface area (Å²) in [5.41, 5.74) is 0. The van der Waals surface area contributed by atoms with Crippen molar-refractivity contribution in [1.29, 1.82) is 0 Å². The van der Waals surface area contributed by atoms with Crippen molar-refractivity contribution < 1.29 is 40.2 Å². The van der Waals surface area contributed by atoms with Crippen LogP contribution in [-0.2, 0) is 9.59 Å². The van der Waals surface area contributed by atoms with Crippen LogP contribution in [0.4, 0.5) is 0 Å². The molecule has 0 bridgehead atoms. The smallest absolute Gasteiger partial charge is 0.303 e. The molecule has 0 aromatic rings. The van der Waals surface area contributed by atoms with Crippen LogP contribution in [-0.4, -0.2) is 89.3 Å². The Morgan fingerprint density at radius 1 is 1.25 bits per heavy atom. The number of amides is 1. The van der Waals surface area contributed by atoms with Crippen molar-refractivity contribution in [2.75, 3.05) is 13.2 Å². The minimum atomic E-state index is -1.82. The molecule has 1 aliphatic heterocycles. The number of aliphatic hydroxyl groups excluding tert-OH is 5. The molecular weight excluding hydrogens is 362 g/mol. The van der Waals surface area contributed by atoms with E-state index in [2.05, 4.69) is 0 Å². The van der Waals surface area contributed by atoms with Gasteiger partial charge in [-0.05, 0) is 12.5 Å². The van der Waals surface area contributed by atoms with E-state index < -0.39 is 42.9 Å². The fraction of sp³-hybridized carbons (Fsp3) is 0.615. The molecule has 0 aromatic heterocycles. The number of aliphatic hydroxyl groups is 5. The summed E-state index contributed by atoms with van der Waals surface area (Å²) < 4.78 is 0.189.